The van der Waals surface area contributed by atoms with E-state index in [1.165, 1.54) is 0 Å². The number of likely N-dealkylation sites (tertiary alicyclic amines) is 1. The van der Waals surface area contributed by atoms with Crippen LogP contribution in [0.5, 0.6) is 5.75 Å². The molecule has 7 nitrogen and oxygen atoms in total. The maximum absolute atomic E-state index is 13.5. The molecule has 1 atom stereocenters. The van der Waals surface area contributed by atoms with Gasteiger partial charge in [0.2, 0.25) is 0 Å². The predicted molar refractivity (Wildman–Crippen MR) is 151 cm³/mol. The summed E-state index contributed by atoms with van der Waals surface area (Å²) in [5.74, 6) is -0.948. The van der Waals surface area contributed by atoms with E-state index in [1.807, 2.05) is 91.2 Å². The molecule has 1 unspecified atom stereocenters. The largest absolute Gasteiger partial charge is 0.505 e. The lowest BCUT2D eigenvalue weighted by Gasteiger charge is -2.25. The van der Waals surface area contributed by atoms with E-state index in [4.69, 9.17) is 4.74 Å². The SMILES string of the molecule is CCCCOc1cccc(C2/C(=C(\O)c3nc4c(C)cccn4c3C)C(=O)C(=O)N2CCc2ccccc2)c1. The molecule has 200 valence electrons. The molecule has 39 heavy (non-hydrogen) atoms. The van der Waals surface area contributed by atoms with Gasteiger partial charge in [-0.25, -0.2) is 4.98 Å². The molecule has 7 heteroatoms. The number of Topliss-reactive ketones (excluding diaryl/α,β-unsaturated/α-hetero) is 1. The molecule has 0 radical (unpaired) electrons. The van der Waals surface area contributed by atoms with Gasteiger partial charge >= 0.3 is 0 Å². The van der Waals surface area contributed by atoms with Gasteiger partial charge in [0, 0.05) is 12.7 Å². The van der Waals surface area contributed by atoms with Gasteiger partial charge in [0.15, 0.2) is 5.76 Å². The molecule has 0 spiro atoms. The molecule has 1 aliphatic heterocycles. The summed E-state index contributed by atoms with van der Waals surface area (Å²) < 4.78 is 7.82. The smallest absolute Gasteiger partial charge is 0.295 e. The first-order valence-electron chi connectivity index (χ1n) is 13.4. The Morgan fingerprint density at radius 1 is 1.03 bits per heavy atom. The number of aryl methyl sites for hydroxylation is 2. The van der Waals surface area contributed by atoms with Gasteiger partial charge in [-0.1, -0.05) is 61.9 Å². The van der Waals surface area contributed by atoms with Crippen molar-refractivity contribution < 1.29 is 19.4 Å². The molecule has 1 aliphatic rings. The lowest BCUT2D eigenvalue weighted by Crippen LogP contribution is -2.31. The Balaban J connectivity index is 1.61. The molecule has 1 N–H and O–H groups in total. The molecule has 3 heterocycles. The maximum atomic E-state index is 13.5. The Morgan fingerprint density at radius 3 is 2.56 bits per heavy atom. The van der Waals surface area contributed by atoms with Crippen molar-refractivity contribution in [2.45, 2.75) is 46.1 Å². The molecular weight excluding hydrogens is 490 g/mol. The molecule has 1 amide bonds. The van der Waals surface area contributed by atoms with Crippen molar-refractivity contribution in [1.82, 2.24) is 14.3 Å². The molecule has 0 bridgehead atoms. The number of fused-ring (bicyclic) bond motifs is 1. The number of unbranched alkanes of at least 4 members (excludes halogenated alkanes) is 1. The van der Waals surface area contributed by atoms with Crippen molar-refractivity contribution in [3.8, 4) is 5.75 Å². The first-order chi connectivity index (χ1) is 18.9. The van der Waals surface area contributed by atoms with Crippen LogP contribution in [0, 0.1) is 13.8 Å². The molecule has 2 aromatic heterocycles. The van der Waals surface area contributed by atoms with Crippen molar-refractivity contribution in [2.75, 3.05) is 13.2 Å². The number of ketones is 1. The van der Waals surface area contributed by atoms with Gasteiger partial charge in [-0.2, -0.15) is 0 Å². The van der Waals surface area contributed by atoms with E-state index in [0.29, 0.717) is 47.9 Å². The Kier molecular flexibility index (Phi) is 7.50. The number of ether oxygens (including phenoxy) is 1. The van der Waals surface area contributed by atoms with E-state index in [-0.39, 0.29) is 11.3 Å². The zero-order chi connectivity index (χ0) is 27.5. The molecule has 1 saturated heterocycles. The van der Waals surface area contributed by atoms with E-state index in [2.05, 4.69) is 11.9 Å². The van der Waals surface area contributed by atoms with Crippen LogP contribution < -0.4 is 4.74 Å². The molecule has 2 aromatic carbocycles. The number of amides is 1. The summed E-state index contributed by atoms with van der Waals surface area (Å²) in [5, 5.41) is 11.6. The number of rotatable bonds is 9. The number of hydrogen-bond donors (Lipinski definition) is 1. The number of benzene rings is 2. The lowest BCUT2D eigenvalue weighted by molar-refractivity contribution is -0.139. The van der Waals surface area contributed by atoms with Crippen LogP contribution in [0.25, 0.3) is 11.4 Å². The molecule has 4 aromatic rings. The van der Waals surface area contributed by atoms with E-state index in [9.17, 15) is 14.7 Å². The molecule has 1 fully saturated rings. The summed E-state index contributed by atoms with van der Waals surface area (Å²) in [5.41, 5.74) is 4.43. The predicted octanol–water partition coefficient (Wildman–Crippen LogP) is 5.79. The van der Waals surface area contributed by atoms with Gasteiger partial charge in [-0.15, -0.1) is 0 Å². The molecular formula is C32H33N3O4. The van der Waals surface area contributed by atoms with Gasteiger partial charge in [0.05, 0.1) is 23.9 Å². The fourth-order valence-corrected chi connectivity index (χ4v) is 5.13. The number of aliphatic hydroxyl groups excluding tert-OH is 1. The third-order valence-corrected chi connectivity index (χ3v) is 7.27. The second-order valence-electron chi connectivity index (χ2n) is 9.93. The van der Waals surface area contributed by atoms with Crippen LogP contribution in [0.4, 0.5) is 0 Å². The van der Waals surface area contributed by atoms with Crippen molar-refractivity contribution in [3.05, 3.63) is 107 Å². The van der Waals surface area contributed by atoms with Crippen LogP contribution in [0.1, 0.15) is 53.9 Å². The van der Waals surface area contributed by atoms with Gasteiger partial charge in [-0.05, 0) is 61.6 Å². The lowest BCUT2D eigenvalue weighted by atomic mass is 9.96. The third-order valence-electron chi connectivity index (χ3n) is 7.27. The second kappa shape index (κ2) is 11.2. The highest BCUT2D eigenvalue weighted by molar-refractivity contribution is 6.46. The van der Waals surface area contributed by atoms with Crippen LogP contribution in [-0.2, 0) is 16.0 Å². The van der Waals surface area contributed by atoms with Crippen LogP contribution in [0.15, 0.2) is 78.5 Å². The summed E-state index contributed by atoms with van der Waals surface area (Å²) >= 11 is 0. The minimum atomic E-state index is -0.770. The number of aliphatic hydroxyl groups is 1. The quantitative estimate of drug-likeness (QED) is 0.130. The van der Waals surface area contributed by atoms with Crippen molar-refractivity contribution in [1.29, 1.82) is 0 Å². The van der Waals surface area contributed by atoms with E-state index < -0.39 is 17.7 Å². The molecule has 0 aliphatic carbocycles. The van der Waals surface area contributed by atoms with Crippen molar-refractivity contribution in [2.24, 2.45) is 0 Å². The topological polar surface area (TPSA) is 84.1 Å². The Hall–Kier alpha value is -4.39. The van der Waals surface area contributed by atoms with Crippen LogP contribution in [0.3, 0.4) is 0 Å². The third kappa shape index (κ3) is 5.04. The summed E-state index contributed by atoms with van der Waals surface area (Å²) in [4.78, 5) is 33.2. The monoisotopic (exact) mass is 523 g/mol. The molecule has 0 saturated carbocycles. The average Bonchev–Trinajstić information content (AvgIpc) is 3.42. The number of carbonyl (C=O) groups is 2. The van der Waals surface area contributed by atoms with E-state index >= 15 is 0 Å². The maximum Gasteiger partial charge on any atom is 0.295 e. The number of imidazole rings is 1. The number of hydrogen-bond acceptors (Lipinski definition) is 5. The first-order valence-corrected chi connectivity index (χ1v) is 13.4. The number of carbonyl (C=O) groups excluding carboxylic acids is 2. The van der Waals surface area contributed by atoms with Crippen molar-refractivity contribution in [3.63, 3.8) is 0 Å². The average molecular weight is 524 g/mol. The Labute approximate surface area is 228 Å². The second-order valence-corrected chi connectivity index (χ2v) is 9.93. The minimum Gasteiger partial charge on any atom is -0.505 e. The highest BCUT2D eigenvalue weighted by atomic mass is 16.5. The van der Waals surface area contributed by atoms with Crippen LogP contribution >= 0.6 is 0 Å². The van der Waals surface area contributed by atoms with Crippen LogP contribution in [-0.4, -0.2) is 44.2 Å². The first kappa shape index (κ1) is 26.2. The normalized spacial score (nSPS) is 16.8. The van der Waals surface area contributed by atoms with Crippen LogP contribution in [0.2, 0.25) is 0 Å². The van der Waals surface area contributed by atoms with Gasteiger partial charge < -0.3 is 19.1 Å². The summed E-state index contributed by atoms with van der Waals surface area (Å²) in [6.45, 7) is 6.78. The summed E-state index contributed by atoms with van der Waals surface area (Å²) in [7, 11) is 0. The van der Waals surface area contributed by atoms with E-state index in [1.54, 1.807) is 4.90 Å². The van der Waals surface area contributed by atoms with Gasteiger partial charge in [0.25, 0.3) is 11.7 Å². The number of nitrogens with zero attached hydrogens (tertiary/aromatic N) is 3. The summed E-state index contributed by atoms with van der Waals surface area (Å²) in [6.07, 6.45) is 4.38. The highest BCUT2D eigenvalue weighted by Gasteiger charge is 2.46. The fraction of sp³-hybridized carbons (Fsp3) is 0.281. The minimum absolute atomic E-state index is 0.0444. The fourth-order valence-electron chi connectivity index (χ4n) is 5.13. The highest BCUT2D eigenvalue weighted by Crippen LogP contribution is 2.40. The standard InChI is InChI=1S/C32H33N3O4/c1-4-5-19-39-25-15-9-14-24(20-25)28-26(29(36)27-22(3)34-17-10-11-21(2)31(34)33-27)30(37)32(38)35(28)18-16-23-12-7-6-8-13-23/h6-15,17,20,28,36H,4-5,16,18-19H2,1-3H3/b29-26+. The van der Waals surface area contributed by atoms with Gasteiger partial charge in [-0.3, -0.25) is 9.59 Å². The summed E-state index contributed by atoms with van der Waals surface area (Å²) in [6, 6.07) is 20.4. The van der Waals surface area contributed by atoms with E-state index in [0.717, 1.165) is 24.0 Å². The Morgan fingerprint density at radius 2 is 1.82 bits per heavy atom. The number of aromatic nitrogens is 2. The Bertz CT molecular complexity index is 1550. The zero-order valence-electron chi connectivity index (χ0n) is 22.6. The molecule has 5 rings (SSSR count). The van der Waals surface area contributed by atoms with Crippen molar-refractivity contribution >= 4 is 23.1 Å². The zero-order valence-corrected chi connectivity index (χ0v) is 22.6. The van der Waals surface area contributed by atoms with Gasteiger partial charge in [0.1, 0.15) is 17.1 Å². The number of pyridine rings is 1.